The molecule has 3 rings (SSSR count). The molecule has 1 aliphatic heterocycles. The van der Waals surface area contributed by atoms with Crippen LogP contribution in [-0.4, -0.2) is 22.3 Å². The normalized spacial score (nSPS) is 16.2. The lowest BCUT2D eigenvalue weighted by Gasteiger charge is -2.09. The molecule has 2 aromatic carbocycles. The number of rotatable bonds is 7. The lowest BCUT2D eigenvalue weighted by Crippen LogP contribution is -2.27. The van der Waals surface area contributed by atoms with Gasteiger partial charge in [0.05, 0.1) is 5.25 Å². The topological polar surface area (TPSA) is 84.5 Å². The molecular weight excluding hydrogens is 352 g/mol. The minimum Gasteiger partial charge on any atom is -0.457 e. The zero-order valence-electron chi connectivity index (χ0n) is 13.9. The van der Waals surface area contributed by atoms with E-state index in [4.69, 9.17) is 4.74 Å². The number of hydrogen-bond donors (Lipinski definition) is 2. The predicted molar refractivity (Wildman–Crippen MR) is 99.0 cm³/mol. The average molecular weight is 370 g/mol. The van der Waals surface area contributed by atoms with Gasteiger partial charge in [-0.1, -0.05) is 42.1 Å². The third kappa shape index (κ3) is 5.10. The van der Waals surface area contributed by atoms with E-state index in [1.165, 1.54) is 0 Å². The number of imide groups is 1. The van der Waals surface area contributed by atoms with Crippen LogP contribution in [0.1, 0.15) is 18.4 Å². The molecule has 1 aliphatic rings. The number of nitrogens with one attached hydrogen (secondary N) is 2. The zero-order chi connectivity index (χ0) is 18.4. The first kappa shape index (κ1) is 18.0. The summed E-state index contributed by atoms with van der Waals surface area (Å²) in [7, 11) is 0. The van der Waals surface area contributed by atoms with Crippen LogP contribution in [0.4, 0.5) is 4.79 Å². The Morgan fingerprint density at radius 1 is 1.04 bits per heavy atom. The predicted octanol–water partition coefficient (Wildman–Crippen LogP) is 3.23. The van der Waals surface area contributed by atoms with E-state index < -0.39 is 5.25 Å². The maximum Gasteiger partial charge on any atom is 0.286 e. The molecule has 7 heteroatoms. The van der Waals surface area contributed by atoms with Crippen molar-refractivity contribution in [3.63, 3.8) is 0 Å². The Morgan fingerprint density at radius 3 is 2.38 bits per heavy atom. The van der Waals surface area contributed by atoms with Gasteiger partial charge in [-0.25, -0.2) is 0 Å². The third-order valence-corrected chi connectivity index (χ3v) is 4.84. The van der Waals surface area contributed by atoms with E-state index in [0.29, 0.717) is 13.0 Å². The number of amides is 3. The summed E-state index contributed by atoms with van der Waals surface area (Å²) in [4.78, 5) is 34.4. The molecule has 0 spiro atoms. The molecule has 0 saturated carbocycles. The van der Waals surface area contributed by atoms with Gasteiger partial charge in [0.2, 0.25) is 11.8 Å². The summed E-state index contributed by atoms with van der Waals surface area (Å²) in [6.45, 7) is 0.396. The van der Waals surface area contributed by atoms with Crippen molar-refractivity contribution in [2.45, 2.75) is 24.6 Å². The summed E-state index contributed by atoms with van der Waals surface area (Å²) in [6.07, 6.45) is 0.547. The average Bonchev–Trinajstić information content (AvgIpc) is 2.97. The molecular formula is C19H18N2O4S. The van der Waals surface area contributed by atoms with Crippen molar-refractivity contribution in [3.8, 4) is 11.5 Å². The Labute approximate surface area is 155 Å². The SMILES string of the molecule is O=C(CCC1SC(=O)NC1=O)NCc1ccc(Oc2ccccc2)cc1. The molecule has 1 fully saturated rings. The third-order valence-electron chi connectivity index (χ3n) is 3.79. The number of hydrogen-bond acceptors (Lipinski definition) is 5. The van der Waals surface area contributed by atoms with Crippen LogP contribution in [0.3, 0.4) is 0 Å². The number of carbonyl (C=O) groups is 3. The van der Waals surface area contributed by atoms with E-state index >= 15 is 0 Å². The Kier molecular flexibility index (Phi) is 5.91. The first-order valence-corrected chi connectivity index (χ1v) is 9.08. The molecule has 1 saturated heterocycles. The molecule has 1 atom stereocenters. The van der Waals surface area contributed by atoms with Crippen LogP contribution < -0.4 is 15.4 Å². The Morgan fingerprint density at radius 2 is 1.73 bits per heavy atom. The maximum atomic E-state index is 11.9. The number of carbonyl (C=O) groups excluding carboxylic acids is 3. The van der Waals surface area contributed by atoms with Crippen molar-refractivity contribution >= 4 is 28.8 Å². The molecule has 0 aliphatic carbocycles. The molecule has 1 unspecified atom stereocenters. The summed E-state index contributed by atoms with van der Waals surface area (Å²) in [5.41, 5.74) is 0.946. The van der Waals surface area contributed by atoms with Gasteiger partial charge < -0.3 is 10.1 Å². The zero-order valence-corrected chi connectivity index (χ0v) is 14.8. The fourth-order valence-corrected chi connectivity index (χ4v) is 3.25. The van der Waals surface area contributed by atoms with Gasteiger partial charge in [0.25, 0.3) is 5.24 Å². The monoisotopic (exact) mass is 370 g/mol. The lowest BCUT2D eigenvalue weighted by molar-refractivity contribution is -0.121. The molecule has 2 N–H and O–H groups in total. The van der Waals surface area contributed by atoms with Gasteiger partial charge in [0.1, 0.15) is 11.5 Å². The quantitative estimate of drug-likeness (QED) is 0.782. The van der Waals surface area contributed by atoms with E-state index in [9.17, 15) is 14.4 Å². The van der Waals surface area contributed by atoms with E-state index in [0.717, 1.165) is 28.8 Å². The van der Waals surface area contributed by atoms with Crippen molar-refractivity contribution in [1.29, 1.82) is 0 Å². The largest absolute Gasteiger partial charge is 0.457 e. The fraction of sp³-hybridized carbons (Fsp3) is 0.211. The van der Waals surface area contributed by atoms with E-state index in [1.54, 1.807) is 0 Å². The van der Waals surface area contributed by atoms with E-state index in [2.05, 4.69) is 10.6 Å². The van der Waals surface area contributed by atoms with Gasteiger partial charge >= 0.3 is 0 Å². The van der Waals surface area contributed by atoms with Crippen molar-refractivity contribution in [2.75, 3.05) is 0 Å². The summed E-state index contributed by atoms with van der Waals surface area (Å²) in [6, 6.07) is 17.0. The van der Waals surface area contributed by atoms with Gasteiger partial charge in [0, 0.05) is 13.0 Å². The van der Waals surface area contributed by atoms with E-state index in [-0.39, 0.29) is 23.5 Å². The van der Waals surface area contributed by atoms with Gasteiger partial charge in [-0.3, -0.25) is 19.7 Å². The Balaban J connectivity index is 1.42. The second-order valence-corrected chi connectivity index (χ2v) is 6.93. The van der Waals surface area contributed by atoms with Crippen molar-refractivity contribution in [2.24, 2.45) is 0 Å². The van der Waals surface area contributed by atoms with Crippen LogP contribution >= 0.6 is 11.8 Å². The highest BCUT2D eigenvalue weighted by atomic mass is 32.2. The van der Waals surface area contributed by atoms with Crippen LogP contribution in [0, 0.1) is 0 Å². The van der Waals surface area contributed by atoms with Crippen LogP contribution in [0.15, 0.2) is 54.6 Å². The van der Waals surface area contributed by atoms with Gasteiger partial charge in [-0.05, 0) is 36.2 Å². The lowest BCUT2D eigenvalue weighted by atomic mass is 10.2. The molecule has 134 valence electrons. The summed E-state index contributed by atoms with van der Waals surface area (Å²) < 4.78 is 5.72. The molecule has 6 nitrogen and oxygen atoms in total. The van der Waals surface area contributed by atoms with Gasteiger partial charge in [-0.15, -0.1) is 0 Å². The molecule has 1 heterocycles. The maximum absolute atomic E-state index is 11.9. The summed E-state index contributed by atoms with van der Waals surface area (Å²) in [5.74, 6) is 1.02. The summed E-state index contributed by atoms with van der Waals surface area (Å²) >= 11 is 0.939. The number of para-hydroxylation sites is 1. The second-order valence-electron chi connectivity index (χ2n) is 5.76. The first-order chi connectivity index (χ1) is 12.6. The van der Waals surface area contributed by atoms with E-state index in [1.807, 2.05) is 54.6 Å². The minimum atomic E-state index is -0.470. The highest BCUT2D eigenvalue weighted by Gasteiger charge is 2.31. The van der Waals surface area contributed by atoms with Crippen LogP contribution in [0.5, 0.6) is 11.5 Å². The van der Waals surface area contributed by atoms with Crippen LogP contribution in [0.2, 0.25) is 0 Å². The Hall–Kier alpha value is -2.80. The Bertz CT molecular complexity index is 793. The molecule has 0 bridgehead atoms. The standard InChI is InChI=1S/C19H18N2O4S/c22-17(11-10-16-18(23)21-19(24)26-16)20-12-13-6-8-15(9-7-13)25-14-4-2-1-3-5-14/h1-9,16H,10-12H2,(H,20,22)(H,21,23,24). The van der Waals surface area contributed by atoms with Gasteiger partial charge in [0.15, 0.2) is 0 Å². The van der Waals surface area contributed by atoms with Crippen molar-refractivity contribution in [3.05, 3.63) is 60.2 Å². The molecule has 3 amide bonds. The highest BCUT2D eigenvalue weighted by molar-refractivity contribution is 8.15. The van der Waals surface area contributed by atoms with Crippen LogP contribution in [-0.2, 0) is 16.1 Å². The molecule has 26 heavy (non-hydrogen) atoms. The van der Waals surface area contributed by atoms with Crippen molar-refractivity contribution < 1.29 is 19.1 Å². The van der Waals surface area contributed by atoms with Crippen molar-refractivity contribution in [1.82, 2.24) is 10.6 Å². The van der Waals surface area contributed by atoms with Crippen LogP contribution in [0.25, 0.3) is 0 Å². The smallest absolute Gasteiger partial charge is 0.286 e. The second kappa shape index (κ2) is 8.53. The van der Waals surface area contributed by atoms with Gasteiger partial charge in [-0.2, -0.15) is 0 Å². The number of benzene rings is 2. The number of thioether (sulfide) groups is 1. The molecule has 2 aromatic rings. The minimum absolute atomic E-state index is 0.151. The fourth-order valence-electron chi connectivity index (χ4n) is 2.43. The highest BCUT2D eigenvalue weighted by Crippen LogP contribution is 2.23. The summed E-state index contributed by atoms with van der Waals surface area (Å²) in [5, 5.41) is 4.21. The first-order valence-electron chi connectivity index (χ1n) is 8.20. The molecule has 0 radical (unpaired) electrons. The molecule has 0 aromatic heterocycles. The number of ether oxygens (including phenoxy) is 1.